The maximum atomic E-state index is 6.34. The molecule has 18 heavy (non-hydrogen) atoms. The smallest absolute Gasteiger partial charge is 0.0593 e. The van der Waals surface area contributed by atoms with Gasteiger partial charge in [-0.25, -0.2) is 0 Å². The van der Waals surface area contributed by atoms with Crippen LogP contribution in [0.1, 0.15) is 37.6 Å². The van der Waals surface area contributed by atoms with E-state index in [9.17, 15) is 0 Å². The Morgan fingerprint density at radius 2 is 2.22 bits per heavy atom. The molecule has 0 radical (unpaired) electrons. The second kappa shape index (κ2) is 8.20. The summed E-state index contributed by atoms with van der Waals surface area (Å²) < 4.78 is 0. The van der Waals surface area contributed by atoms with Gasteiger partial charge in [0.05, 0.1) is 6.04 Å². The van der Waals surface area contributed by atoms with E-state index in [1.807, 2.05) is 23.1 Å². The van der Waals surface area contributed by atoms with Crippen molar-refractivity contribution in [3.63, 3.8) is 0 Å². The summed E-state index contributed by atoms with van der Waals surface area (Å²) in [4.78, 5) is 3.85. The van der Waals surface area contributed by atoms with Crippen molar-refractivity contribution in [2.24, 2.45) is 5.73 Å². The molecule has 2 nitrogen and oxygen atoms in total. The zero-order valence-electron chi connectivity index (χ0n) is 11.9. The zero-order valence-corrected chi connectivity index (χ0v) is 13.6. The molecule has 1 heterocycles. The van der Waals surface area contributed by atoms with Crippen LogP contribution in [0.2, 0.25) is 0 Å². The number of nitrogens with zero attached hydrogens (tertiary/aromatic N) is 1. The molecule has 0 aliphatic rings. The summed E-state index contributed by atoms with van der Waals surface area (Å²) in [6, 6.07) is 5.47. The summed E-state index contributed by atoms with van der Waals surface area (Å²) in [5, 5.41) is 2.14. The largest absolute Gasteiger partial charge is 0.326 e. The highest BCUT2D eigenvalue weighted by molar-refractivity contribution is 7.98. The highest BCUT2D eigenvalue weighted by Gasteiger charge is 2.26. The topological polar surface area (TPSA) is 29.3 Å². The van der Waals surface area contributed by atoms with E-state index in [4.69, 9.17) is 5.73 Å². The van der Waals surface area contributed by atoms with Crippen LogP contribution in [0.3, 0.4) is 0 Å². The average molecular weight is 287 g/mol. The quantitative estimate of drug-likeness (QED) is 0.792. The number of rotatable bonds is 8. The van der Waals surface area contributed by atoms with Crippen LogP contribution >= 0.6 is 23.1 Å². The molecule has 0 fully saturated rings. The van der Waals surface area contributed by atoms with Gasteiger partial charge in [-0.3, -0.25) is 4.90 Å². The Morgan fingerprint density at radius 3 is 2.72 bits per heavy atom. The number of thiophene rings is 1. The monoisotopic (exact) mass is 286 g/mol. The highest BCUT2D eigenvalue weighted by atomic mass is 32.2. The Hall–Kier alpha value is -0.0300. The highest BCUT2D eigenvalue weighted by Crippen LogP contribution is 2.29. The van der Waals surface area contributed by atoms with Crippen LogP contribution in [-0.4, -0.2) is 36.0 Å². The van der Waals surface area contributed by atoms with Crippen LogP contribution in [0.4, 0.5) is 0 Å². The summed E-state index contributed by atoms with van der Waals surface area (Å²) in [7, 11) is 2.21. The fraction of sp³-hybridized carbons (Fsp3) is 0.714. The van der Waals surface area contributed by atoms with Gasteiger partial charge < -0.3 is 5.73 Å². The van der Waals surface area contributed by atoms with Crippen LogP contribution in [0.15, 0.2) is 17.5 Å². The van der Waals surface area contributed by atoms with E-state index in [2.05, 4.69) is 49.6 Å². The van der Waals surface area contributed by atoms with E-state index < -0.39 is 0 Å². The first-order valence-corrected chi connectivity index (χ1v) is 8.89. The van der Waals surface area contributed by atoms with Crippen molar-refractivity contribution < 1.29 is 0 Å². The van der Waals surface area contributed by atoms with Gasteiger partial charge >= 0.3 is 0 Å². The Morgan fingerprint density at radius 1 is 1.50 bits per heavy atom. The van der Waals surface area contributed by atoms with Gasteiger partial charge in [-0.05, 0) is 50.3 Å². The lowest BCUT2D eigenvalue weighted by Crippen LogP contribution is -2.42. The van der Waals surface area contributed by atoms with Gasteiger partial charge in [-0.15, -0.1) is 11.3 Å². The molecule has 0 amide bonds. The van der Waals surface area contributed by atoms with E-state index in [-0.39, 0.29) is 6.04 Å². The van der Waals surface area contributed by atoms with Crippen LogP contribution in [-0.2, 0) is 0 Å². The molecule has 3 unspecified atom stereocenters. The van der Waals surface area contributed by atoms with Gasteiger partial charge in [-0.2, -0.15) is 11.8 Å². The standard InChI is InChI=1S/C14H26N2S2/c1-5-12(15)14(13-7-6-9-18-13)16(3)11(2)8-10-17-4/h6-7,9,11-12,14H,5,8,10,15H2,1-4H3. The molecule has 2 N–H and O–H groups in total. The SMILES string of the molecule is CCC(N)C(c1cccs1)N(C)C(C)CCSC. The molecule has 104 valence electrons. The zero-order chi connectivity index (χ0) is 13.5. The lowest BCUT2D eigenvalue weighted by molar-refractivity contribution is 0.158. The number of likely N-dealkylation sites (N-methyl/N-ethyl adjacent to an activating group) is 1. The second-order valence-corrected chi connectivity index (χ2v) is 6.79. The van der Waals surface area contributed by atoms with E-state index in [1.54, 1.807) is 0 Å². The molecular weight excluding hydrogens is 260 g/mol. The molecule has 0 bridgehead atoms. The Balaban J connectivity index is 2.76. The minimum Gasteiger partial charge on any atom is -0.326 e. The molecule has 1 aromatic rings. The van der Waals surface area contributed by atoms with Crippen molar-refractivity contribution in [3.05, 3.63) is 22.4 Å². The minimum absolute atomic E-state index is 0.213. The van der Waals surface area contributed by atoms with Crippen LogP contribution in [0.5, 0.6) is 0 Å². The summed E-state index contributed by atoms with van der Waals surface area (Å²) in [5.74, 6) is 1.21. The molecule has 3 atom stereocenters. The van der Waals surface area contributed by atoms with Gasteiger partial charge in [0.15, 0.2) is 0 Å². The first-order chi connectivity index (χ1) is 8.61. The van der Waals surface area contributed by atoms with Crippen molar-refractivity contribution in [1.29, 1.82) is 0 Å². The molecular formula is C14H26N2S2. The third-order valence-electron chi connectivity index (χ3n) is 3.59. The maximum absolute atomic E-state index is 6.34. The maximum Gasteiger partial charge on any atom is 0.0593 e. The number of thioether (sulfide) groups is 1. The summed E-state index contributed by atoms with van der Waals surface area (Å²) in [6.07, 6.45) is 4.40. The fourth-order valence-electron chi connectivity index (χ4n) is 2.16. The van der Waals surface area contributed by atoms with Crippen LogP contribution in [0.25, 0.3) is 0 Å². The van der Waals surface area contributed by atoms with Crippen molar-refractivity contribution in [1.82, 2.24) is 4.90 Å². The first kappa shape index (κ1) is 16.0. The van der Waals surface area contributed by atoms with E-state index in [0.29, 0.717) is 12.1 Å². The average Bonchev–Trinajstić information content (AvgIpc) is 2.89. The van der Waals surface area contributed by atoms with Gasteiger partial charge in [-0.1, -0.05) is 13.0 Å². The van der Waals surface area contributed by atoms with E-state index in [1.165, 1.54) is 17.1 Å². The molecule has 0 saturated carbocycles. The van der Waals surface area contributed by atoms with E-state index >= 15 is 0 Å². The predicted octanol–water partition coefficient (Wildman–Crippen LogP) is 3.60. The third kappa shape index (κ3) is 4.26. The van der Waals surface area contributed by atoms with Gasteiger partial charge in [0.2, 0.25) is 0 Å². The summed E-state index contributed by atoms with van der Waals surface area (Å²) in [6.45, 7) is 4.48. The fourth-order valence-corrected chi connectivity index (χ4v) is 3.69. The second-order valence-electron chi connectivity index (χ2n) is 4.83. The van der Waals surface area contributed by atoms with E-state index in [0.717, 1.165) is 6.42 Å². The Labute approximate surface area is 120 Å². The lowest BCUT2D eigenvalue weighted by Gasteiger charge is -2.36. The molecule has 0 aliphatic carbocycles. The summed E-state index contributed by atoms with van der Waals surface area (Å²) in [5.41, 5.74) is 6.34. The predicted molar refractivity (Wildman–Crippen MR) is 85.6 cm³/mol. The minimum atomic E-state index is 0.213. The molecule has 0 saturated heterocycles. The molecule has 0 aromatic carbocycles. The molecule has 1 aromatic heterocycles. The van der Waals surface area contributed by atoms with Crippen molar-refractivity contribution >= 4 is 23.1 Å². The molecule has 1 rings (SSSR count). The van der Waals surface area contributed by atoms with Gasteiger partial charge in [0.1, 0.15) is 0 Å². The molecule has 0 spiro atoms. The van der Waals surface area contributed by atoms with Crippen LogP contribution < -0.4 is 5.73 Å². The van der Waals surface area contributed by atoms with Gasteiger partial charge in [0, 0.05) is 17.0 Å². The number of hydrogen-bond acceptors (Lipinski definition) is 4. The van der Waals surface area contributed by atoms with Gasteiger partial charge in [0.25, 0.3) is 0 Å². The third-order valence-corrected chi connectivity index (χ3v) is 5.17. The Bertz CT molecular complexity index is 314. The Kier molecular flexibility index (Phi) is 7.30. The van der Waals surface area contributed by atoms with Crippen LogP contribution in [0, 0.1) is 0 Å². The van der Waals surface area contributed by atoms with Crippen molar-refractivity contribution in [3.8, 4) is 0 Å². The number of hydrogen-bond donors (Lipinski definition) is 1. The first-order valence-electron chi connectivity index (χ1n) is 6.61. The number of nitrogens with two attached hydrogens (primary N) is 1. The van der Waals surface area contributed by atoms with Crippen molar-refractivity contribution in [2.75, 3.05) is 19.1 Å². The molecule has 4 heteroatoms. The summed E-state index contributed by atoms with van der Waals surface area (Å²) >= 11 is 3.73. The normalized spacial score (nSPS) is 16.8. The molecule has 0 aliphatic heterocycles. The lowest BCUT2D eigenvalue weighted by atomic mass is 10.0. The van der Waals surface area contributed by atoms with Crippen molar-refractivity contribution in [2.45, 2.75) is 44.8 Å².